The van der Waals surface area contributed by atoms with Crippen LogP contribution in [-0.2, 0) is 5.41 Å². The second-order valence-corrected chi connectivity index (χ2v) is 5.95. The Balaban J connectivity index is 2.16. The summed E-state index contributed by atoms with van der Waals surface area (Å²) in [5.74, 6) is 0. The summed E-state index contributed by atoms with van der Waals surface area (Å²) in [5, 5.41) is 11.6. The zero-order valence-electron chi connectivity index (χ0n) is 11.2. The van der Waals surface area contributed by atoms with Gasteiger partial charge in [-0.1, -0.05) is 43.3 Å². The van der Waals surface area contributed by atoms with E-state index in [0.29, 0.717) is 4.99 Å². The highest BCUT2D eigenvalue weighted by molar-refractivity contribution is 7.80. The highest BCUT2D eigenvalue weighted by Crippen LogP contribution is 2.40. The van der Waals surface area contributed by atoms with Crippen molar-refractivity contribution in [3.05, 3.63) is 42.1 Å². The van der Waals surface area contributed by atoms with Crippen molar-refractivity contribution in [2.75, 3.05) is 0 Å². The van der Waals surface area contributed by atoms with E-state index in [0.717, 1.165) is 42.1 Å². The molecule has 0 saturated heterocycles. The summed E-state index contributed by atoms with van der Waals surface area (Å²) in [6.07, 6.45) is 4.88. The first kappa shape index (κ1) is 13.5. The van der Waals surface area contributed by atoms with Crippen LogP contribution < -0.4 is 5.73 Å². The van der Waals surface area contributed by atoms with Crippen LogP contribution in [0.5, 0.6) is 0 Å². The van der Waals surface area contributed by atoms with Gasteiger partial charge in [0, 0.05) is 11.6 Å². The van der Waals surface area contributed by atoms with Gasteiger partial charge in [-0.15, -0.1) is 0 Å². The second-order valence-electron chi connectivity index (χ2n) is 5.51. The molecule has 0 aliphatic heterocycles. The van der Waals surface area contributed by atoms with Gasteiger partial charge in [0.1, 0.15) is 0 Å². The van der Waals surface area contributed by atoms with Crippen LogP contribution in [0.15, 0.2) is 36.5 Å². The van der Waals surface area contributed by atoms with Gasteiger partial charge in [0.15, 0.2) is 0 Å². The lowest BCUT2D eigenvalue weighted by Gasteiger charge is -2.41. The number of aliphatic hydroxyl groups excluding tert-OH is 1. The zero-order chi connectivity index (χ0) is 14.2. The van der Waals surface area contributed by atoms with Crippen LogP contribution in [0, 0.1) is 0 Å². The topological polar surface area (TPSA) is 59.1 Å². The molecule has 3 N–H and O–H groups in total. The summed E-state index contributed by atoms with van der Waals surface area (Å²) in [7, 11) is 0. The fourth-order valence-corrected chi connectivity index (χ4v) is 3.59. The first-order valence-electron chi connectivity index (χ1n) is 6.98. The molecule has 3 nitrogen and oxygen atoms in total. The zero-order valence-corrected chi connectivity index (χ0v) is 12.1. The number of nitrogens with zero attached hydrogens (tertiary/aromatic N) is 1. The first-order chi connectivity index (χ1) is 9.64. The van der Waals surface area contributed by atoms with Gasteiger partial charge in [-0.25, -0.2) is 0 Å². The summed E-state index contributed by atoms with van der Waals surface area (Å²) in [5.41, 5.74) is 7.28. The lowest BCUT2D eigenvalue weighted by Crippen LogP contribution is -2.51. The van der Waals surface area contributed by atoms with Crippen LogP contribution in [0.25, 0.3) is 10.9 Å². The third-order valence-corrected chi connectivity index (χ3v) is 4.78. The van der Waals surface area contributed by atoms with Crippen molar-refractivity contribution in [1.29, 1.82) is 0 Å². The van der Waals surface area contributed by atoms with Gasteiger partial charge in [-0.3, -0.25) is 4.98 Å². The molecule has 1 saturated carbocycles. The van der Waals surface area contributed by atoms with Crippen molar-refractivity contribution < 1.29 is 5.11 Å². The second kappa shape index (κ2) is 5.11. The number of aliphatic hydroxyl groups is 1. The van der Waals surface area contributed by atoms with Gasteiger partial charge in [0.05, 0.1) is 22.0 Å². The maximum absolute atomic E-state index is 10.5. The molecule has 1 heterocycles. The Morgan fingerprint density at radius 2 is 2.15 bits per heavy atom. The van der Waals surface area contributed by atoms with Crippen LogP contribution in [0.1, 0.15) is 31.2 Å². The van der Waals surface area contributed by atoms with E-state index in [2.05, 4.69) is 11.1 Å². The van der Waals surface area contributed by atoms with Crippen molar-refractivity contribution in [3.63, 3.8) is 0 Å². The molecule has 3 rings (SSSR count). The molecule has 20 heavy (non-hydrogen) atoms. The fourth-order valence-electron chi connectivity index (χ4n) is 3.24. The molecule has 104 valence electrons. The van der Waals surface area contributed by atoms with E-state index in [1.165, 1.54) is 0 Å². The molecule has 0 bridgehead atoms. The van der Waals surface area contributed by atoms with Crippen LogP contribution in [0.4, 0.5) is 0 Å². The number of thiocarbonyl (C=S) groups is 1. The molecule has 0 spiro atoms. The summed E-state index contributed by atoms with van der Waals surface area (Å²) < 4.78 is 0. The van der Waals surface area contributed by atoms with Crippen molar-refractivity contribution in [1.82, 2.24) is 4.98 Å². The SMILES string of the molecule is NC(=S)C1(c2cnc3ccccc3c2)CCCCC1O. The molecule has 2 unspecified atom stereocenters. The summed E-state index contributed by atoms with van der Waals surface area (Å²) in [4.78, 5) is 4.87. The minimum absolute atomic E-state index is 0.377. The van der Waals surface area contributed by atoms with E-state index in [1.54, 1.807) is 0 Å². The lowest BCUT2D eigenvalue weighted by molar-refractivity contribution is 0.0785. The Kier molecular flexibility index (Phi) is 3.44. The highest BCUT2D eigenvalue weighted by Gasteiger charge is 2.44. The average molecular weight is 286 g/mol. The summed E-state index contributed by atoms with van der Waals surface area (Å²) in [6, 6.07) is 10.0. The number of para-hydroxylation sites is 1. The molecule has 2 aromatic rings. The third kappa shape index (κ3) is 2.00. The predicted octanol–water partition coefficient (Wildman–Crippen LogP) is 2.69. The van der Waals surface area contributed by atoms with Gasteiger partial charge < -0.3 is 10.8 Å². The average Bonchev–Trinajstić information content (AvgIpc) is 2.47. The van der Waals surface area contributed by atoms with Gasteiger partial charge in [-0.2, -0.15) is 0 Å². The molecule has 1 aliphatic carbocycles. The Labute approximate surface area is 123 Å². The maximum Gasteiger partial charge on any atom is 0.0861 e. The first-order valence-corrected chi connectivity index (χ1v) is 7.38. The number of fused-ring (bicyclic) bond motifs is 1. The molecule has 0 radical (unpaired) electrons. The molecule has 2 atom stereocenters. The number of benzene rings is 1. The molecular formula is C16H18N2OS. The third-order valence-electron chi connectivity index (χ3n) is 4.41. The normalized spacial score (nSPS) is 26.6. The summed E-state index contributed by atoms with van der Waals surface area (Å²) >= 11 is 5.30. The number of pyridine rings is 1. The largest absolute Gasteiger partial charge is 0.392 e. The molecular weight excluding hydrogens is 268 g/mol. The van der Waals surface area contributed by atoms with Crippen LogP contribution in [0.2, 0.25) is 0 Å². The van der Waals surface area contributed by atoms with E-state index in [-0.39, 0.29) is 0 Å². The fraction of sp³-hybridized carbons (Fsp3) is 0.375. The van der Waals surface area contributed by atoms with Crippen LogP contribution in [0.3, 0.4) is 0 Å². The molecule has 1 aromatic carbocycles. The predicted molar refractivity (Wildman–Crippen MR) is 84.7 cm³/mol. The smallest absolute Gasteiger partial charge is 0.0861 e. The Bertz CT molecular complexity index is 658. The van der Waals surface area contributed by atoms with E-state index in [4.69, 9.17) is 18.0 Å². The Hall–Kier alpha value is -1.52. The standard InChI is InChI=1S/C16H18N2OS/c17-15(20)16(8-4-3-7-14(16)19)12-9-11-5-1-2-6-13(11)18-10-12/h1-2,5-6,9-10,14,19H,3-4,7-8H2,(H2,17,20). The number of nitrogens with two attached hydrogens (primary N) is 1. The Morgan fingerprint density at radius 3 is 2.90 bits per heavy atom. The minimum atomic E-state index is -0.620. The minimum Gasteiger partial charge on any atom is -0.392 e. The van der Waals surface area contributed by atoms with Crippen LogP contribution in [-0.4, -0.2) is 21.2 Å². The monoisotopic (exact) mass is 286 g/mol. The Morgan fingerprint density at radius 1 is 1.35 bits per heavy atom. The van der Waals surface area contributed by atoms with Gasteiger partial charge in [0.25, 0.3) is 0 Å². The van der Waals surface area contributed by atoms with Gasteiger partial charge in [0.2, 0.25) is 0 Å². The molecule has 0 amide bonds. The highest BCUT2D eigenvalue weighted by atomic mass is 32.1. The van der Waals surface area contributed by atoms with Gasteiger partial charge in [-0.05, 0) is 30.5 Å². The molecule has 4 heteroatoms. The van der Waals surface area contributed by atoms with Crippen molar-refractivity contribution in [3.8, 4) is 0 Å². The molecule has 1 aromatic heterocycles. The summed E-state index contributed by atoms with van der Waals surface area (Å²) in [6.45, 7) is 0. The van der Waals surface area contributed by atoms with E-state index in [1.807, 2.05) is 30.5 Å². The number of aromatic nitrogens is 1. The lowest BCUT2D eigenvalue weighted by atomic mass is 9.67. The molecule has 1 fully saturated rings. The van der Waals surface area contributed by atoms with E-state index >= 15 is 0 Å². The van der Waals surface area contributed by atoms with E-state index in [9.17, 15) is 5.11 Å². The maximum atomic E-state index is 10.5. The molecule has 1 aliphatic rings. The number of hydrogen-bond acceptors (Lipinski definition) is 3. The van der Waals surface area contributed by atoms with Crippen molar-refractivity contribution in [2.24, 2.45) is 5.73 Å². The number of rotatable bonds is 2. The quantitative estimate of drug-likeness (QED) is 0.833. The van der Waals surface area contributed by atoms with Crippen molar-refractivity contribution >= 4 is 28.1 Å². The van der Waals surface area contributed by atoms with Crippen LogP contribution >= 0.6 is 12.2 Å². The van der Waals surface area contributed by atoms with E-state index < -0.39 is 11.5 Å². The van der Waals surface area contributed by atoms with Gasteiger partial charge >= 0.3 is 0 Å². The van der Waals surface area contributed by atoms with Crippen molar-refractivity contribution in [2.45, 2.75) is 37.2 Å². The number of hydrogen-bond donors (Lipinski definition) is 2.